The Balaban J connectivity index is 2.90. The first-order valence-corrected chi connectivity index (χ1v) is 3.39. The summed E-state index contributed by atoms with van der Waals surface area (Å²) in [6, 6.07) is 0. The second-order valence-corrected chi connectivity index (χ2v) is 1.93. The monoisotopic (exact) mass is 137 g/mol. The van der Waals surface area contributed by atoms with Crippen molar-refractivity contribution in [2.45, 2.75) is 20.4 Å². The highest BCUT2D eigenvalue weighted by atomic mass is 15.3. The second kappa shape index (κ2) is 3.15. The van der Waals surface area contributed by atoms with Crippen LogP contribution in [0.15, 0.2) is 12.4 Å². The summed E-state index contributed by atoms with van der Waals surface area (Å²) < 4.78 is 1.85. The summed E-state index contributed by atoms with van der Waals surface area (Å²) in [7, 11) is 0. The summed E-state index contributed by atoms with van der Waals surface area (Å²) in [5, 5.41) is 4.01. The van der Waals surface area contributed by atoms with Gasteiger partial charge in [0.15, 0.2) is 0 Å². The zero-order valence-electron chi connectivity index (χ0n) is 6.28. The molecule has 0 saturated heterocycles. The fourth-order valence-corrected chi connectivity index (χ4v) is 0.795. The highest BCUT2D eigenvalue weighted by Gasteiger charge is 1.94. The van der Waals surface area contributed by atoms with E-state index in [1.807, 2.05) is 30.7 Å². The van der Waals surface area contributed by atoms with E-state index in [2.05, 4.69) is 10.1 Å². The molecule has 0 unspecified atom stereocenters. The van der Waals surface area contributed by atoms with Crippen molar-refractivity contribution in [2.75, 3.05) is 0 Å². The minimum Gasteiger partial charge on any atom is -0.247 e. The van der Waals surface area contributed by atoms with Crippen molar-refractivity contribution >= 4 is 6.08 Å². The Morgan fingerprint density at radius 1 is 1.70 bits per heavy atom. The van der Waals surface area contributed by atoms with Gasteiger partial charge in [0.25, 0.3) is 0 Å². The average Bonchev–Trinajstić information content (AvgIpc) is 2.36. The van der Waals surface area contributed by atoms with Gasteiger partial charge in [-0.1, -0.05) is 6.08 Å². The Bertz CT molecular complexity index is 225. The standard InChI is InChI=1S/C7H11N3/c1-3-5-7-8-6-9-10(7)4-2/h3,5-6H,4H2,1-2H3/b5-3-. The summed E-state index contributed by atoms with van der Waals surface area (Å²) in [5.41, 5.74) is 0. The van der Waals surface area contributed by atoms with Crippen molar-refractivity contribution in [3.63, 3.8) is 0 Å². The quantitative estimate of drug-likeness (QED) is 0.615. The number of allylic oxidation sites excluding steroid dienone is 1. The fourth-order valence-electron chi connectivity index (χ4n) is 0.795. The zero-order valence-corrected chi connectivity index (χ0v) is 6.28. The SMILES string of the molecule is C/C=C\c1ncnn1CC. The van der Waals surface area contributed by atoms with Gasteiger partial charge in [0, 0.05) is 6.54 Å². The smallest absolute Gasteiger partial charge is 0.150 e. The van der Waals surface area contributed by atoms with Gasteiger partial charge in [-0.15, -0.1) is 0 Å². The van der Waals surface area contributed by atoms with E-state index in [9.17, 15) is 0 Å². The van der Waals surface area contributed by atoms with E-state index in [0.717, 1.165) is 12.4 Å². The first kappa shape index (κ1) is 6.99. The van der Waals surface area contributed by atoms with Crippen molar-refractivity contribution in [1.82, 2.24) is 14.8 Å². The number of aromatic nitrogens is 3. The molecule has 1 aromatic heterocycles. The number of aryl methyl sites for hydroxylation is 1. The Hall–Kier alpha value is -1.12. The predicted octanol–water partition coefficient (Wildman–Crippen LogP) is 1.33. The third kappa shape index (κ3) is 1.23. The molecule has 0 radical (unpaired) electrons. The minimum atomic E-state index is 0.875. The van der Waals surface area contributed by atoms with Gasteiger partial charge in [0.1, 0.15) is 12.2 Å². The van der Waals surface area contributed by atoms with Gasteiger partial charge in [-0.3, -0.25) is 0 Å². The van der Waals surface area contributed by atoms with Gasteiger partial charge in [-0.25, -0.2) is 9.67 Å². The van der Waals surface area contributed by atoms with Crippen LogP contribution in [0.1, 0.15) is 19.7 Å². The molecule has 0 aliphatic heterocycles. The number of hydrogen-bond donors (Lipinski definition) is 0. The minimum absolute atomic E-state index is 0.875. The molecule has 3 nitrogen and oxygen atoms in total. The van der Waals surface area contributed by atoms with Crippen LogP contribution in [0.5, 0.6) is 0 Å². The van der Waals surface area contributed by atoms with Crippen LogP contribution in [0, 0.1) is 0 Å². The van der Waals surface area contributed by atoms with Crippen LogP contribution in [0.4, 0.5) is 0 Å². The summed E-state index contributed by atoms with van der Waals surface area (Å²) >= 11 is 0. The molecule has 10 heavy (non-hydrogen) atoms. The van der Waals surface area contributed by atoms with Gasteiger partial charge in [0.2, 0.25) is 0 Å². The largest absolute Gasteiger partial charge is 0.247 e. The Labute approximate surface area is 60.4 Å². The maximum atomic E-state index is 4.04. The van der Waals surface area contributed by atoms with E-state index < -0.39 is 0 Å². The van der Waals surface area contributed by atoms with Gasteiger partial charge >= 0.3 is 0 Å². The topological polar surface area (TPSA) is 30.7 Å². The molecule has 0 aromatic carbocycles. The molecule has 0 N–H and O–H groups in total. The highest BCUT2D eigenvalue weighted by Crippen LogP contribution is 1.95. The molecule has 0 aliphatic carbocycles. The van der Waals surface area contributed by atoms with Gasteiger partial charge in [-0.05, 0) is 19.9 Å². The Morgan fingerprint density at radius 3 is 3.10 bits per heavy atom. The lowest BCUT2D eigenvalue weighted by Gasteiger charge is -1.94. The van der Waals surface area contributed by atoms with Crippen LogP contribution in [0.25, 0.3) is 6.08 Å². The lowest BCUT2D eigenvalue weighted by atomic mass is 10.5. The molecule has 54 valence electrons. The first-order valence-electron chi connectivity index (χ1n) is 3.39. The molecule has 1 heterocycles. The second-order valence-electron chi connectivity index (χ2n) is 1.93. The molecule has 1 aromatic rings. The van der Waals surface area contributed by atoms with E-state index in [-0.39, 0.29) is 0 Å². The fraction of sp³-hybridized carbons (Fsp3) is 0.429. The normalized spacial score (nSPS) is 11.0. The molecule has 0 atom stereocenters. The Morgan fingerprint density at radius 2 is 2.50 bits per heavy atom. The van der Waals surface area contributed by atoms with Crippen molar-refractivity contribution in [3.8, 4) is 0 Å². The maximum absolute atomic E-state index is 4.04. The van der Waals surface area contributed by atoms with Gasteiger partial charge in [0.05, 0.1) is 0 Å². The van der Waals surface area contributed by atoms with Gasteiger partial charge in [-0.2, -0.15) is 5.10 Å². The van der Waals surface area contributed by atoms with E-state index in [0.29, 0.717) is 0 Å². The van der Waals surface area contributed by atoms with Gasteiger partial charge < -0.3 is 0 Å². The lowest BCUT2D eigenvalue weighted by molar-refractivity contribution is 0.651. The summed E-state index contributed by atoms with van der Waals surface area (Å²) in [5.74, 6) is 0.921. The molecule has 3 heteroatoms. The molecule has 0 amide bonds. The van der Waals surface area contributed by atoms with Crippen LogP contribution in [0.2, 0.25) is 0 Å². The molecule has 1 rings (SSSR count). The number of rotatable bonds is 2. The molecule has 0 saturated carbocycles. The van der Waals surface area contributed by atoms with Crippen molar-refractivity contribution in [3.05, 3.63) is 18.2 Å². The van der Waals surface area contributed by atoms with Crippen molar-refractivity contribution in [2.24, 2.45) is 0 Å². The molecule has 0 aliphatic rings. The van der Waals surface area contributed by atoms with Crippen LogP contribution >= 0.6 is 0 Å². The van der Waals surface area contributed by atoms with Crippen LogP contribution in [-0.4, -0.2) is 14.8 Å². The summed E-state index contributed by atoms with van der Waals surface area (Å²) in [4.78, 5) is 4.04. The first-order chi connectivity index (χ1) is 4.88. The summed E-state index contributed by atoms with van der Waals surface area (Å²) in [6.07, 6.45) is 5.46. The van der Waals surface area contributed by atoms with E-state index >= 15 is 0 Å². The Kier molecular flexibility index (Phi) is 2.20. The van der Waals surface area contributed by atoms with E-state index in [1.54, 1.807) is 6.33 Å². The van der Waals surface area contributed by atoms with E-state index in [4.69, 9.17) is 0 Å². The molecular weight excluding hydrogens is 126 g/mol. The van der Waals surface area contributed by atoms with E-state index in [1.165, 1.54) is 0 Å². The van der Waals surface area contributed by atoms with Crippen LogP contribution < -0.4 is 0 Å². The van der Waals surface area contributed by atoms with Crippen LogP contribution in [0.3, 0.4) is 0 Å². The highest BCUT2D eigenvalue weighted by molar-refractivity contribution is 5.38. The number of hydrogen-bond acceptors (Lipinski definition) is 2. The molecule has 0 fully saturated rings. The zero-order chi connectivity index (χ0) is 7.40. The number of nitrogens with zero attached hydrogens (tertiary/aromatic N) is 3. The average molecular weight is 137 g/mol. The maximum Gasteiger partial charge on any atom is 0.150 e. The molecular formula is C7H11N3. The molecule has 0 spiro atoms. The predicted molar refractivity (Wildman–Crippen MR) is 40.4 cm³/mol. The summed E-state index contributed by atoms with van der Waals surface area (Å²) in [6.45, 7) is 4.88. The van der Waals surface area contributed by atoms with Crippen LogP contribution in [-0.2, 0) is 6.54 Å². The van der Waals surface area contributed by atoms with Crippen molar-refractivity contribution < 1.29 is 0 Å². The lowest BCUT2D eigenvalue weighted by Crippen LogP contribution is -1.98. The van der Waals surface area contributed by atoms with Crippen molar-refractivity contribution in [1.29, 1.82) is 0 Å². The molecule has 0 bridgehead atoms. The third-order valence-electron chi connectivity index (χ3n) is 1.26. The third-order valence-corrected chi connectivity index (χ3v) is 1.26.